The molecule has 0 aliphatic rings. The fraction of sp³-hybridized carbons (Fsp3) is 0.542. The van der Waals surface area contributed by atoms with Gasteiger partial charge < -0.3 is 10.2 Å². The van der Waals surface area contributed by atoms with Gasteiger partial charge in [-0.1, -0.05) is 37.3 Å². The highest BCUT2D eigenvalue weighted by Crippen LogP contribution is 2.32. The average molecular weight is 444 g/mol. The summed E-state index contributed by atoms with van der Waals surface area (Å²) in [5, 5.41) is 3.94. The number of aryl methyl sites for hydroxylation is 1. The molecule has 0 saturated heterocycles. The summed E-state index contributed by atoms with van der Waals surface area (Å²) in [7, 11) is 0. The molecule has 6 nitrogen and oxygen atoms in total. The van der Waals surface area contributed by atoms with Crippen molar-refractivity contribution in [3.05, 3.63) is 41.7 Å². The minimum atomic E-state index is 0.0207. The summed E-state index contributed by atoms with van der Waals surface area (Å²) in [5.74, 6) is 1.56. The highest BCUT2D eigenvalue weighted by Gasteiger charge is 2.19. The summed E-state index contributed by atoms with van der Waals surface area (Å²) in [6.07, 6.45) is 4.38. The Morgan fingerprint density at radius 2 is 1.77 bits per heavy atom. The second-order valence-corrected chi connectivity index (χ2v) is 8.36. The molecule has 0 fully saturated rings. The number of hydrogen-bond acceptors (Lipinski definition) is 6. The maximum Gasteiger partial charge on any atom is 0.224 e. The van der Waals surface area contributed by atoms with Crippen LogP contribution >= 0.6 is 11.8 Å². The molecule has 1 aromatic carbocycles. The lowest BCUT2D eigenvalue weighted by Crippen LogP contribution is -2.27. The van der Waals surface area contributed by atoms with Gasteiger partial charge in [0.25, 0.3) is 0 Å². The van der Waals surface area contributed by atoms with Gasteiger partial charge >= 0.3 is 0 Å². The number of anilines is 2. The number of carbonyl (C=O) groups is 1. The maximum absolute atomic E-state index is 12.8. The Morgan fingerprint density at radius 3 is 2.39 bits per heavy atom. The summed E-state index contributed by atoms with van der Waals surface area (Å²) >= 11 is 1.54. The Bertz CT molecular complexity index is 811. The summed E-state index contributed by atoms with van der Waals surface area (Å²) in [5.41, 5.74) is 2.05. The quantitative estimate of drug-likeness (QED) is 0.348. The van der Waals surface area contributed by atoms with Gasteiger partial charge in [0.15, 0.2) is 5.82 Å². The van der Waals surface area contributed by atoms with Crippen LogP contribution in [0.5, 0.6) is 0 Å². The topological polar surface area (TPSA) is 61.4 Å². The van der Waals surface area contributed by atoms with Crippen molar-refractivity contribution in [2.45, 2.75) is 58.5 Å². The van der Waals surface area contributed by atoms with E-state index in [0.29, 0.717) is 6.42 Å². The van der Waals surface area contributed by atoms with Gasteiger partial charge in [-0.2, -0.15) is 0 Å². The van der Waals surface area contributed by atoms with Crippen LogP contribution in [0.25, 0.3) is 0 Å². The molecule has 0 saturated carbocycles. The van der Waals surface area contributed by atoms with Crippen molar-refractivity contribution in [2.24, 2.45) is 0 Å². The van der Waals surface area contributed by atoms with E-state index in [1.54, 1.807) is 0 Å². The summed E-state index contributed by atoms with van der Waals surface area (Å²) < 4.78 is 0. The third kappa shape index (κ3) is 7.82. The zero-order valence-electron chi connectivity index (χ0n) is 19.6. The molecule has 2 rings (SSSR count). The average Bonchev–Trinajstić information content (AvgIpc) is 2.77. The summed E-state index contributed by atoms with van der Waals surface area (Å²) in [6, 6.07) is 10.5. The Labute approximate surface area is 191 Å². The van der Waals surface area contributed by atoms with Gasteiger partial charge in [0, 0.05) is 26.1 Å². The van der Waals surface area contributed by atoms with Crippen molar-refractivity contribution in [3.63, 3.8) is 0 Å². The van der Waals surface area contributed by atoms with Gasteiger partial charge in [0.1, 0.15) is 16.5 Å². The van der Waals surface area contributed by atoms with Gasteiger partial charge in [0.2, 0.25) is 5.91 Å². The zero-order valence-corrected chi connectivity index (χ0v) is 20.5. The van der Waals surface area contributed by atoms with Crippen LogP contribution in [-0.2, 0) is 11.3 Å². The third-order valence-electron chi connectivity index (χ3n) is 5.16. The van der Waals surface area contributed by atoms with E-state index < -0.39 is 0 Å². The smallest absolute Gasteiger partial charge is 0.224 e. The number of amides is 1. The van der Waals surface area contributed by atoms with E-state index in [1.807, 2.05) is 19.2 Å². The van der Waals surface area contributed by atoms with Crippen LogP contribution < -0.4 is 10.2 Å². The Hall–Kier alpha value is -2.12. The van der Waals surface area contributed by atoms with Gasteiger partial charge in [-0.3, -0.25) is 9.69 Å². The molecule has 7 heteroatoms. The molecule has 1 amide bonds. The zero-order chi connectivity index (χ0) is 22.6. The molecule has 0 bridgehead atoms. The molecule has 0 radical (unpaired) electrons. The van der Waals surface area contributed by atoms with Gasteiger partial charge in [0.05, 0.1) is 0 Å². The van der Waals surface area contributed by atoms with Crippen LogP contribution in [0.15, 0.2) is 35.4 Å². The molecule has 1 N–H and O–H groups in total. The number of nitrogens with one attached hydrogen (secondary N) is 1. The number of hydrogen-bond donors (Lipinski definition) is 1. The first-order chi connectivity index (χ1) is 15.0. The lowest BCUT2D eigenvalue weighted by Gasteiger charge is -2.24. The molecule has 0 aliphatic carbocycles. The van der Waals surface area contributed by atoms with Crippen LogP contribution in [0, 0.1) is 6.92 Å². The fourth-order valence-electron chi connectivity index (χ4n) is 3.63. The SMILES string of the molecule is CCCN(CCCC(=O)Nc1c(SC)nc(C)nc1N(CC)CC)Cc1ccccc1. The molecular weight excluding hydrogens is 406 g/mol. The van der Waals surface area contributed by atoms with E-state index in [4.69, 9.17) is 0 Å². The van der Waals surface area contributed by atoms with Gasteiger partial charge in [-0.15, -0.1) is 11.8 Å². The first-order valence-corrected chi connectivity index (χ1v) is 12.5. The number of aromatic nitrogens is 2. The predicted molar refractivity (Wildman–Crippen MR) is 132 cm³/mol. The predicted octanol–water partition coefficient (Wildman–Crippen LogP) is 4.98. The van der Waals surface area contributed by atoms with Crippen molar-refractivity contribution in [2.75, 3.05) is 42.7 Å². The number of rotatable bonds is 13. The molecule has 1 aromatic heterocycles. The fourth-order valence-corrected chi connectivity index (χ4v) is 4.20. The van der Waals surface area contributed by atoms with Crippen LogP contribution in [0.2, 0.25) is 0 Å². The second kappa shape index (κ2) is 13.3. The molecule has 1 heterocycles. The van der Waals surface area contributed by atoms with Crippen molar-refractivity contribution in [1.82, 2.24) is 14.9 Å². The first-order valence-electron chi connectivity index (χ1n) is 11.3. The Kier molecular flexibility index (Phi) is 10.8. The highest BCUT2D eigenvalue weighted by molar-refractivity contribution is 7.98. The maximum atomic E-state index is 12.8. The van der Waals surface area contributed by atoms with Crippen LogP contribution in [0.3, 0.4) is 0 Å². The molecule has 170 valence electrons. The largest absolute Gasteiger partial charge is 0.355 e. The van der Waals surface area contributed by atoms with E-state index in [9.17, 15) is 4.79 Å². The monoisotopic (exact) mass is 443 g/mol. The minimum absolute atomic E-state index is 0.0207. The molecule has 0 aliphatic heterocycles. The van der Waals surface area contributed by atoms with Crippen molar-refractivity contribution in [3.8, 4) is 0 Å². The number of nitrogens with zero attached hydrogens (tertiary/aromatic N) is 4. The van der Waals surface area contributed by atoms with E-state index in [-0.39, 0.29) is 5.91 Å². The van der Waals surface area contributed by atoms with E-state index in [0.717, 1.165) is 67.9 Å². The van der Waals surface area contributed by atoms with Gasteiger partial charge in [-0.05, 0) is 58.5 Å². The van der Waals surface area contributed by atoms with E-state index in [2.05, 4.69) is 70.1 Å². The Morgan fingerprint density at radius 1 is 1.06 bits per heavy atom. The number of benzene rings is 1. The number of thioether (sulfide) groups is 1. The normalized spacial score (nSPS) is 11.0. The van der Waals surface area contributed by atoms with Crippen LogP contribution in [-0.4, -0.2) is 53.2 Å². The number of carbonyl (C=O) groups excluding carboxylic acids is 1. The standard InChI is InChI=1S/C24H37N5OS/c1-6-16-28(18-20-13-10-9-11-14-20)17-12-15-21(30)27-22-23(29(7-2)8-3)25-19(4)26-24(22)31-5/h9-11,13-14H,6-8,12,15-18H2,1-5H3,(H,27,30). The molecule has 0 unspecified atom stereocenters. The van der Waals surface area contributed by atoms with E-state index >= 15 is 0 Å². The second-order valence-electron chi connectivity index (χ2n) is 7.56. The lowest BCUT2D eigenvalue weighted by atomic mass is 10.2. The molecule has 0 atom stereocenters. The van der Waals surface area contributed by atoms with Gasteiger partial charge in [-0.25, -0.2) is 9.97 Å². The van der Waals surface area contributed by atoms with Crippen molar-refractivity contribution in [1.29, 1.82) is 0 Å². The molecule has 2 aromatic rings. The van der Waals surface area contributed by atoms with E-state index in [1.165, 1.54) is 17.3 Å². The van der Waals surface area contributed by atoms with Crippen LogP contribution in [0.4, 0.5) is 11.5 Å². The van der Waals surface area contributed by atoms with Crippen molar-refractivity contribution >= 4 is 29.2 Å². The highest BCUT2D eigenvalue weighted by atomic mass is 32.2. The summed E-state index contributed by atoms with van der Waals surface area (Å²) in [4.78, 5) is 26.6. The van der Waals surface area contributed by atoms with Crippen LogP contribution in [0.1, 0.15) is 51.4 Å². The molecule has 31 heavy (non-hydrogen) atoms. The lowest BCUT2D eigenvalue weighted by molar-refractivity contribution is -0.116. The Balaban J connectivity index is 2.01. The molecular formula is C24H37N5OS. The molecule has 0 spiro atoms. The third-order valence-corrected chi connectivity index (χ3v) is 5.84. The minimum Gasteiger partial charge on any atom is -0.355 e. The van der Waals surface area contributed by atoms with Crippen molar-refractivity contribution < 1.29 is 4.79 Å². The summed E-state index contributed by atoms with van der Waals surface area (Å²) in [6.45, 7) is 12.8. The first kappa shape index (κ1) is 25.1.